The van der Waals surface area contributed by atoms with Gasteiger partial charge < -0.3 is 9.84 Å². The van der Waals surface area contributed by atoms with Gasteiger partial charge in [0.1, 0.15) is 17.6 Å². The number of aliphatic hydroxyl groups is 1. The zero-order chi connectivity index (χ0) is 11.3. The lowest BCUT2D eigenvalue weighted by Gasteiger charge is -2.02. The Hall–Kier alpha value is -2.35. The molecule has 76 valence electrons. The largest absolute Gasteiger partial charge is 0.511 e. The molecule has 1 aromatic rings. The minimum Gasteiger partial charge on any atom is -0.511 e. The Kier molecular flexibility index (Phi) is 3.41. The number of carbonyl (C=O) groups is 1. The van der Waals surface area contributed by atoms with Crippen molar-refractivity contribution in [2.75, 3.05) is 0 Å². The van der Waals surface area contributed by atoms with Gasteiger partial charge in [0.15, 0.2) is 5.57 Å². The molecule has 0 atom stereocenters. The minimum atomic E-state index is -0.898. The fraction of sp³-hybridized carbons (Fsp3) is 0.100. The van der Waals surface area contributed by atoms with Crippen molar-refractivity contribution in [3.8, 4) is 11.8 Å². The zero-order valence-electron chi connectivity index (χ0n) is 7.97. The summed E-state index contributed by atoms with van der Waals surface area (Å²) in [6.07, 6.45) is 2.86. The second-order valence-electron chi connectivity index (χ2n) is 2.65. The summed E-state index contributed by atoms with van der Waals surface area (Å²) in [5.74, 6) is -1.05. The van der Waals surface area contributed by atoms with E-state index in [0.717, 1.165) is 0 Å². The predicted octanol–water partition coefficient (Wildman–Crippen LogP) is 1.34. The maximum atomic E-state index is 11.3. The van der Waals surface area contributed by atoms with Crippen LogP contribution in [0.25, 0.3) is 0 Å². The molecule has 5 heteroatoms. The molecule has 0 saturated heterocycles. The van der Waals surface area contributed by atoms with Gasteiger partial charge in [0.2, 0.25) is 0 Å². The first-order valence-corrected chi connectivity index (χ1v) is 4.07. The molecule has 0 radical (unpaired) electrons. The van der Waals surface area contributed by atoms with E-state index in [4.69, 9.17) is 15.1 Å². The Morgan fingerprint density at radius 3 is 2.87 bits per heavy atom. The van der Waals surface area contributed by atoms with Crippen LogP contribution in [0.2, 0.25) is 0 Å². The highest BCUT2D eigenvalue weighted by molar-refractivity contribution is 5.94. The third-order valence-corrected chi connectivity index (χ3v) is 1.52. The normalized spacial score (nSPS) is 11.2. The minimum absolute atomic E-state index is 0.219. The highest BCUT2D eigenvalue weighted by Crippen LogP contribution is 2.10. The molecular weight excluding hydrogens is 196 g/mol. The number of pyridine rings is 1. The Morgan fingerprint density at radius 1 is 1.67 bits per heavy atom. The van der Waals surface area contributed by atoms with Crippen molar-refractivity contribution < 1.29 is 14.6 Å². The number of esters is 1. The van der Waals surface area contributed by atoms with Crippen molar-refractivity contribution in [2.45, 2.75) is 6.92 Å². The maximum Gasteiger partial charge on any atom is 0.357 e. The first kappa shape index (κ1) is 10.7. The third-order valence-electron chi connectivity index (χ3n) is 1.52. The summed E-state index contributed by atoms with van der Waals surface area (Å²) in [5.41, 5.74) is -0.418. The second-order valence-corrected chi connectivity index (χ2v) is 2.65. The lowest BCUT2D eigenvalue weighted by Crippen LogP contribution is -2.11. The molecule has 1 aromatic heterocycles. The Labute approximate surface area is 86.2 Å². The first-order valence-electron chi connectivity index (χ1n) is 4.07. The lowest BCUT2D eigenvalue weighted by atomic mass is 10.2. The predicted molar refractivity (Wildman–Crippen MR) is 50.8 cm³/mol. The molecule has 0 bridgehead atoms. The molecule has 0 amide bonds. The number of allylic oxidation sites excluding steroid dienone is 1. The number of rotatable bonds is 2. The van der Waals surface area contributed by atoms with Crippen LogP contribution in [-0.4, -0.2) is 16.1 Å². The topological polar surface area (TPSA) is 83.2 Å². The smallest absolute Gasteiger partial charge is 0.357 e. The summed E-state index contributed by atoms with van der Waals surface area (Å²) in [6.45, 7) is 1.24. The summed E-state index contributed by atoms with van der Waals surface area (Å²) in [7, 11) is 0. The molecular formula is C10H8N2O3. The van der Waals surface area contributed by atoms with Crippen LogP contribution in [0.3, 0.4) is 0 Å². The number of hydrogen-bond acceptors (Lipinski definition) is 5. The maximum absolute atomic E-state index is 11.3. The number of nitriles is 1. The number of carbonyl (C=O) groups excluding carboxylic acids is 1. The highest BCUT2D eigenvalue weighted by atomic mass is 16.5. The summed E-state index contributed by atoms with van der Waals surface area (Å²) in [5, 5.41) is 17.6. The Balaban J connectivity index is 2.82. The number of nitrogens with zero attached hydrogens (tertiary/aromatic N) is 2. The SMILES string of the molecule is C/C(O)=C(\C#N)C(=O)Oc1cccnc1. The van der Waals surface area contributed by atoms with Crippen molar-refractivity contribution in [2.24, 2.45) is 0 Å². The van der Waals surface area contributed by atoms with E-state index in [-0.39, 0.29) is 11.5 Å². The van der Waals surface area contributed by atoms with Gasteiger partial charge in [0, 0.05) is 6.20 Å². The molecule has 15 heavy (non-hydrogen) atoms. The van der Waals surface area contributed by atoms with Crippen LogP contribution in [0.4, 0.5) is 0 Å². The summed E-state index contributed by atoms with van der Waals surface area (Å²) in [6, 6.07) is 4.66. The van der Waals surface area contributed by atoms with Crippen LogP contribution in [0.1, 0.15) is 6.92 Å². The van der Waals surface area contributed by atoms with Crippen molar-refractivity contribution in [3.05, 3.63) is 35.9 Å². The van der Waals surface area contributed by atoms with E-state index in [1.54, 1.807) is 12.1 Å². The molecule has 1 heterocycles. The van der Waals surface area contributed by atoms with Gasteiger partial charge in [-0.2, -0.15) is 5.26 Å². The molecule has 5 nitrogen and oxygen atoms in total. The zero-order valence-corrected chi connectivity index (χ0v) is 7.97. The number of aromatic nitrogens is 1. The van der Waals surface area contributed by atoms with Crippen LogP contribution in [0.5, 0.6) is 5.75 Å². The molecule has 1 rings (SSSR count). The average molecular weight is 204 g/mol. The van der Waals surface area contributed by atoms with Crippen LogP contribution < -0.4 is 4.74 Å². The third kappa shape index (κ3) is 2.81. The first-order chi connectivity index (χ1) is 7.15. The van der Waals surface area contributed by atoms with Crippen molar-refractivity contribution in [1.29, 1.82) is 5.26 Å². The molecule has 0 spiro atoms. The van der Waals surface area contributed by atoms with E-state index in [9.17, 15) is 4.79 Å². The number of ether oxygens (including phenoxy) is 1. The highest BCUT2D eigenvalue weighted by Gasteiger charge is 2.14. The summed E-state index contributed by atoms with van der Waals surface area (Å²) >= 11 is 0. The van der Waals surface area contributed by atoms with E-state index >= 15 is 0 Å². The fourth-order valence-corrected chi connectivity index (χ4v) is 0.840. The second kappa shape index (κ2) is 4.77. The molecule has 0 aliphatic carbocycles. The van der Waals surface area contributed by atoms with E-state index in [0.29, 0.717) is 0 Å². The van der Waals surface area contributed by atoms with Gasteiger partial charge in [-0.1, -0.05) is 0 Å². The summed E-state index contributed by atoms with van der Waals surface area (Å²) < 4.78 is 4.79. The molecule has 0 fully saturated rings. The van der Waals surface area contributed by atoms with E-state index in [1.807, 2.05) is 0 Å². The van der Waals surface area contributed by atoms with Crippen molar-refractivity contribution in [3.63, 3.8) is 0 Å². The van der Waals surface area contributed by atoms with Crippen LogP contribution in [0, 0.1) is 11.3 Å². The standard InChI is InChI=1S/C10H8N2O3/c1-7(13)9(5-11)10(14)15-8-3-2-4-12-6-8/h2-4,6,13H,1H3/b9-7-. The molecule has 0 aliphatic heterocycles. The molecule has 0 saturated carbocycles. The van der Waals surface area contributed by atoms with E-state index in [1.165, 1.54) is 25.4 Å². The number of hydrogen-bond donors (Lipinski definition) is 1. The monoisotopic (exact) mass is 204 g/mol. The molecule has 1 N–H and O–H groups in total. The quantitative estimate of drug-likeness (QED) is 0.340. The van der Waals surface area contributed by atoms with Crippen molar-refractivity contribution >= 4 is 5.97 Å². The van der Waals surface area contributed by atoms with Gasteiger partial charge in [0.05, 0.1) is 6.20 Å². The summed E-state index contributed by atoms with van der Waals surface area (Å²) in [4.78, 5) is 15.0. The van der Waals surface area contributed by atoms with Gasteiger partial charge >= 0.3 is 5.97 Å². The Morgan fingerprint density at radius 2 is 2.40 bits per heavy atom. The van der Waals surface area contributed by atoms with Crippen LogP contribution in [0.15, 0.2) is 35.9 Å². The fourth-order valence-electron chi connectivity index (χ4n) is 0.840. The lowest BCUT2D eigenvalue weighted by molar-refractivity contribution is -0.129. The van der Waals surface area contributed by atoms with Gasteiger partial charge in [-0.05, 0) is 19.1 Å². The van der Waals surface area contributed by atoms with Gasteiger partial charge in [-0.3, -0.25) is 4.98 Å². The van der Waals surface area contributed by atoms with E-state index < -0.39 is 11.5 Å². The van der Waals surface area contributed by atoms with Gasteiger partial charge in [-0.25, -0.2) is 4.79 Å². The average Bonchev–Trinajstić information content (AvgIpc) is 2.19. The Bertz CT molecular complexity index is 428. The number of aliphatic hydroxyl groups excluding tert-OH is 1. The van der Waals surface area contributed by atoms with Crippen molar-refractivity contribution in [1.82, 2.24) is 4.98 Å². The van der Waals surface area contributed by atoms with E-state index in [2.05, 4.69) is 4.98 Å². The van der Waals surface area contributed by atoms with Crippen LogP contribution >= 0.6 is 0 Å². The van der Waals surface area contributed by atoms with Crippen LogP contribution in [-0.2, 0) is 4.79 Å². The molecule has 0 aromatic carbocycles. The molecule has 0 aliphatic rings. The van der Waals surface area contributed by atoms with Gasteiger partial charge in [0.25, 0.3) is 0 Å². The van der Waals surface area contributed by atoms with Gasteiger partial charge in [-0.15, -0.1) is 0 Å². The molecule has 0 unspecified atom stereocenters.